The summed E-state index contributed by atoms with van der Waals surface area (Å²) in [6.07, 6.45) is 23.5. The summed E-state index contributed by atoms with van der Waals surface area (Å²) >= 11 is 9.51. The SMILES string of the molecule is CCCCCCCCCCCCCCCCC[CH2][Mo+3].[O-]P([O-])(=S)[S-]. The van der Waals surface area contributed by atoms with Crippen LogP contribution in [0.25, 0.3) is 0 Å². The zero-order chi connectivity index (χ0) is 18.5. The van der Waals surface area contributed by atoms with Crippen LogP contribution < -0.4 is 9.79 Å². The summed E-state index contributed by atoms with van der Waals surface area (Å²) in [5, 5.41) is 0. The molecule has 0 atom stereocenters. The Bertz CT molecular complexity index is 251. The predicted molar refractivity (Wildman–Crippen MR) is 106 cm³/mol. The van der Waals surface area contributed by atoms with Gasteiger partial charge < -0.3 is 27.7 Å². The van der Waals surface area contributed by atoms with Gasteiger partial charge in [-0.05, 0) is 0 Å². The van der Waals surface area contributed by atoms with E-state index in [1.807, 2.05) is 0 Å². The van der Waals surface area contributed by atoms with Gasteiger partial charge in [-0.1, -0.05) is 39.0 Å². The van der Waals surface area contributed by atoms with Crippen molar-refractivity contribution < 1.29 is 29.6 Å². The van der Waals surface area contributed by atoms with E-state index in [-0.39, 0.29) is 0 Å². The molecule has 0 rings (SSSR count). The molecule has 2 nitrogen and oxygen atoms in total. The molecule has 24 heavy (non-hydrogen) atoms. The second-order valence-electron chi connectivity index (χ2n) is 6.45. The zero-order valence-corrected chi connectivity index (χ0v) is 20.0. The number of rotatable bonds is 16. The first-order valence-corrected chi connectivity index (χ1v) is 14.8. The van der Waals surface area contributed by atoms with Gasteiger partial charge in [0.2, 0.25) is 0 Å². The van der Waals surface area contributed by atoms with E-state index in [4.69, 9.17) is 0 Å². The van der Waals surface area contributed by atoms with Crippen molar-refractivity contribution in [3.63, 3.8) is 0 Å². The van der Waals surface area contributed by atoms with Gasteiger partial charge in [0.05, 0.1) is 0 Å². The molecular formula is C18H37MoO2PS2. The Labute approximate surface area is 173 Å². The molecule has 0 saturated heterocycles. The van der Waals surface area contributed by atoms with Gasteiger partial charge in [0.1, 0.15) is 0 Å². The molecule has 0 radical (unpaired) electrons. The van der Waals surface area contributed by atoms with Crippen LogP contribution in [0.3, 0.4) is 0 Å². The Morgan fingerprint density at radius 3 is 1.08 bits per heavy atom. The molecule has 0 bridgehead atoms. The normalized spacial score (nSPS) is 11.1. The molecule has 0 aromatic carbocycles. The smallest absolute Gasteiger partial charge is 0.160 e. The van der Waals surface area contributed by atoms with E-state index in [1.54, 1.807) is 0 Å². The monoisotopic (exact) mass is 478 g/mol. The molecule has 6 heteroatoms. The van der Waals surface area contributed by atoms with E-state index in [2.05, 4.69) is 50.8 Å². The number of unbranched alkanes of at least 4 members (excludes halogenated alkanes) is 15. The molecule has 0 spiro atoms. The second-order valence-corrected chi connectivity index (χ2v) is 11.9. The van der Waals surface area contributed by atoms with Gasteiger partial charge in [-0.25, -0.2) is 0 Å². The summed E-state index contributed by atoms with van der Waals surface area (Å²) in [7, 11) is 0. The van der Waals surface area contributed by atoms with E-state index >= 15 is 0 Å². The van der Waals surface area contributed by atoms with Gasteiger partial charge in [-0.3, -0.25) is 0 Å². The molecular weight excluding hydrogens is 439 g/mol. The topological polar surface area (TPSA) is 46.1 Å². The van der Waals surface area contributed by atoms with E-state index in [0.29, 0.717) is 0 Å². The van der Waals surface area contributed by atoms with Crippen LogP contribution in [0.5, 0.6) is 0 Å². The summed E-state index contributed by atoms with van der Waals surface area (Å²) < 4.78 is 0. The molecule has 0 aromatic rings. The van der Waals surface area contributed by atoms with Crippen molar-refractivity contribution in [2.24, 2.45) is 0 Å². The van der Waals surface area contributed by atoms with Crippen LogP contribution in [0.1, 0.15) is 110 Å². The van der Waals surface area contributed by atoms with E-state index < -0.39 is 5.69 Å². The Hall–Kier alpha value is 1.61. The minimum atomic E-state index is -3.72. The van der Waals surface area contributed by atoms with Crippen molar-refractivity contribution in [3.8, 4) is 0 Å². The molecule has 0 aromatic heterocycles. The second kappa shape index (κ2) is 22.6. The van der Waals surface area contributed by atoms with E-state index in [0.717, 1.165) is 0 Å². The average Bonchev–Trinajstić information content (AvgIpc) is 2.49. The largest absolute Gasteiger partial charge is 0.850 e. The Morgan fingerprint density at radius 2 is 0.875 bits per heavy atom. The molecule has 0 aliphatic carbocycles. The van der Waals surface area contributed by atoms with Crippen LogP contribution in [-0.2, 0) is 43.9 Å². The Balaban J connectivity index is 0. The fourth-order valence-electron chi connectivity index (χ4n) is 2.65. The van der Waals surface area contributed by atoms with E-state index in [9.17, 15) is 9.79 Å². The number of hydrogen-bond donors (Lipinski definition) is 0. The average molecular weight is 477 g/mol. The van der Waals surface area contributed by atoms with Crippen LogP contribution >= 0.6 is 5.69 Å². The summed E-state index contributed by atoms with van der Waals surface area (Å²) in [4.78, 5) is 20.0. The molecule has 0 aliphatic rings. The maximum Gasteiger partial charge on any atom is -0.160 e. The van der Waals surface area contributed by atoms with Gasteiger partial charge >= 0.3 is 95.3 Å². The molecule has 144 valence electrons. The van der Waals surface area contributed by atoms with Crippen LogP contribution in [0.15, 0.2) is 0 Å². The van der Waals surface area contributed by atoms with Crippen LogP contribution in [0.4, 0.5) is 0 Å². The van der Waals surface area contributed by atoms with Crippen molar-refractivity contribution in [2.45, 2.75) is 114 Å². The molecule has 0 amide bonds. The molecule has 0 aliphatic heterocycles. The third-order valence-electron chi connectivity index (χ3n) is 4.00. The maximum atomic E-state index is 9.29. The van der Waals surface area contributed by atoms with Gasteiger partial charge in [-0.2, -0.15) is 11.8 Å². The molecule has 0 fully saturated rings. The Kier molecular flexibility index (Phi) is 26.3. The summed E-state index contributed by atoms with van der Waals surface area (Å²) in [5.74, 6) is 0. The summed E-state index contributed by atoms with van der Waals surface area (Å²) in [6.45, 7) is 2.30. The Morgan fingerprint density at radius 1 is 0.667 bits per heavy atom. The van der Waals surface area contributed by atoms with Crippen molar-refractivity contribution in [1.29, 1.82) is 0 Å². The van der Waals surface area contributed by atoms with Gasteiger partial charge in [0, 0.05) is 0 Å². The zero-order valence-electron chi connectivity index (χ0n) is 15.5. The number of hydrogen-bond acceptors (Lipinski definition) is 4. The van der Waals surface area contributed by atoms with Crippen molar-refractivity contribution >= 4 is 29.7 Å². The standard InChI is InChI=1S/C18H37.Mo.H3O2PS2/c1-3-5-7-9-11-13-15-17-18-16-14-12-10-8-6-4-2;;1-3(2,4)5/h1,3-18H2,2H3;;(H3,1,2,4,5)/q;+3;/p-3. The molecule has 0 N–H and O–H groups in total. The van der Waals surface area contributed by atoms with Crippen molar-refractivity contribution in [3.05, 3.63) is 0 Å². The van der Waals surface area contributed by atoms with Crippen molar-refractivity contribution in [1.82, 2.24) is 0 Å². The first-order valence-electron chi connectivity index (χ1n) is 9.73. The summed E-state index contributed by atoms with van der Waals surface area (Å²) in [6, 6.07) is 0. The van der Waals surface area contributed by atoms with Gasteiger partial charge in [-0.15, -0.1) is 0 Å². The van der Waals surface area contributed by atoms with E-state index in [1.165, 1.54) is 108 Å². The predicted octanol–water partition coefficient (Wildman–Crippen LogP) is 5.69. The quantitative estimate of drug-likeness (QED) is 0.124. The third kappa shape index (κ3) is 38.9. The van der Waals surface area contributed by atoms with Crippen LogP contribution in [0, 0.1) is 0 Å². The minimum absolute atomic E-state index is 1.37. The fraction of sp³-hybridized carbons (Fsp3) is 1.00. The first-order chi connectivity index (χ1) is 11.4. The molecule has 0 saturated carbocycles. The van der Waals surface area contributed by atoms with Crippen LogP contribution in [0.2, 0.25) is 4.81 Å². The van der Waals surface area contributed by atoms with Crippen molar-refractivity contribution in [2.75, 3.05) is 0 Å². The van der Waals surface area contributed by atoms with Crippen LogP contribution in [-0.4, -0.2) is 0 Å². The summed E-state index contributed by atoms with van der Waals surface area (Å²) in [5.41, 5.74) is -3.72. The third-order valence-corrected chi connectivity index (χ3v) is 4.71. The maximum absolute atomic E-state index is 9.29. The molecule has 0 heterocycles. The van der Waals surface area contributed by atoms with Gasteiger partial charge in [0.15, 0.2) is 0 Å². The van der Waals surface area contributed by atoms with Gasteiger partial charge in [0.25, 0.3) is 0 Å². The fourth-order valence-corrected chi connectivity index (χ4v) is 3.15. The minimum Gasteiger partial charge on any atom is -0.850 e. The molecule has 0 unspecified atom stereocenters. The first kappa shape index (κ1) is 27.8.